The van der Waals surface area contributed by atoms with Crippen molar-refractivity contribution in [1.82, 2.24) is 0 Å². The van der Waals surface area contributed by atoms with Gasteiger partial charge in [0.05, 0.1) is 6.04 Å². The van der Waals surface area contributed by atoms with Gasteiger partial charge in [-0.05, 0) is 18.2 Å². The van der Waals surface area contributed by atoms with E-state index in [9.17, 15) is 8.78 Å². The van der Waals surface area contributed by atoms with Crippen molar-refractivity contribution in [2.75, 3.05) is 11.9 Å². The van der Waals surface area contributed by atoms with E-state index in [0.717, 1.165) is 0 Å². The number of alkyl halides is 2. The molecule has 1 aliphatic heterocycles. The highest BCUT2D eigenvalue weighted by atomic mass is 35.5. The first-order valence-corrected chi connectivity index (χ1v) is 4.57. The molecule has 1 atom stereocenters. The second kappa shape index (κ2) is 3.07. The fourth-order valence-electron chi connectivity index (χ4n) is 1.49. The van der Waals surface area contributed by atoms with E-state index in [4.69, 9.17) is 17.3 Å². The van der Waals surface area contributed by atoms with Crippen LogP contribution in [0.25, 0.3) is 0 Å². The molecule has 5 heteroatoms. The Morgan fingerprint density at radius 3 is 2.93 bits per heavy atom. The number of hydrogen-bond acceptors (Lipinski definition) is 2. The Bertz CT molecular complexity index is 368. The predicted octanol–water partition coefficient (Wildman–Crippen LogP) is 2.18. The fourth-order valence-corrected chi connectivity index (χ4v) is 1.67. The molecule has 0 aromatic heterocycles. The van der Waals surface area contributed by atoms with Gasteiger partial charge in [-0.25, -0.2) is 0 Å². The van der Waals surface area contributed by atoms with E-state index in [1.54, 1.807) is 6.07 Å². The Hall–Kier alpha value is -0.870. The smallest absolute Gasteiger partial charge is 0.291 e. The molecule has 76 valence electrons. The Kier molecular flexibility index (Phi) is 2.12. The molecule has 1 unspecified atom stereocenters. The third-order valence-corrected chi connectivity index (χ3v) is 2.55. The zero-order chi connectivity index (χ0) is 10.3. The standard InChI is InChI=1S/C9H9ClF2N2/c10-5-1-2-7-6(3-5)9(11,12)8(13)4-14-7/h1-3,8,14H,4,13H2. The van der Waals surface area contributed by atoms with Crippen LogP contribution in [0.4, 0.5) is 14.5 Å². The van der Waals surface area contributed by atoms with Crippen molar-refractivity contribution < 1.29 is 8.78 Å². The molecule has 14 heavy (non-hydrogen) atoms. The van der Waals surface area contributed by atoms with Crippen LogP contribution in [-0.4, -0.2) is 12.6 Å². The molecule has 0 saturated heterocycles. The molecule has 3 N–H and O–H groups in total. The molecule has 2 nitrogen and oxygen atoms in total. The van der Waals surface area contributed by atoms with Crippen molar-refractivity contribution in [2.45, 2.75) is 12.0 Å². The molecular formula is C9H9ClF2N2. The predicted molar refractivity (Wildman–Crippen MR) is 51.8 cm³/mol. The maximum atomic E-state index is 13.5. The zero-order valence-corrected chi connectivity index (χ0v) is 7.98. The summed E-state index contributed by atoms with van der Waals surface area (Å²) in [6.07, 6.45) is 0. The second-order valence-corrected chi connectivity index (χ2v) is 3.74. The Morgan fingerprint density at radius 1 is 1.50 bits per heavy atom. The van der Waals surface area contributed by atoms with Crippen molar-refractivity contribution in [3.8, 4) is 0 Å². The van der Waals surface area contributed by atoms with Crippen LogP contribution in [-0.2, 0) is 5.92 Å². The SMILES string of the molecule is NC1CNc2ccc(Cl)cc2C1(F)F. The fraction of sp³-hybridized carbons (Fsp3) is 0.333. The van der Waals surface area contributed by atoms with E-state index in [1.165, 1.54) is 12.1 Å². The minimum atomic E-state index is -3.01. The van der Waals surface area contributed by atoms with Crippen molar-refractivity contribution >= 4 is 17.3 Å². The molecule has 0 aliphatic carbocycles. The highest BCUT2D eigenvalue weighted by Crippen LogP contribution is 2.40. The average molecular weight is 219 g/mol. The van der Waals surface area contributed by atoms with Crippen molar-refractivity contribution in [3.63, 3.8) is 0 Å². The second-order valence-electron chi connectivity index (χ2n) is 3.30. The lowest BCUT2D eigenvalue weighted by Gasteiger charge is -2.31. The Morgan fingerprint density at radius 2 is 2.21 bits per heavy atom. The van der Waals surface area contributed by atoms with Gasteiger partial charge in [-0.15, -0.1) is 0 Å². The van der Waals surface area contributed by atoms with Crippen LogP contribution in [0.3, 0.4) is 0 Å². The van der Waals surface area contributed by atoms with Gasteiger partial charge in [-0.2, -0.15) is 8.78 Å². The Labute approximate surface area is 85.0 Å². The van der Waals surface area contributed by atoms with E-state index in [1.807, 2.05) is 0 Å². The maximum Gasteiger partial charge on any atom is 0.291 e. The average Bonchev–Trinajstić information content (AvgIpc) is 2.13. The summed E-state index contributed by atoms with van der Waals surface area (Å²) in [5.74, 6) is -3.01. The maximum absolute atomic E-state index is 13.5. The molecule has 0 amide bonds. The van der Waals surface area contributed by atoms with Gasteiger partial charge in [0, 0.05) is 22.8 Å². The lowest BCUT2D eigenvalue weighted by atomic mass is 9.96. The van der Waals surface area contributed by atoms with Gasteiger partial charge < -0.3 is 11.1 Å². The largest absolute Gasteiger partial charge is 0.383 e. The number of anilines is 1. The molecule has 1 aromatic rings. The lowest BCUT2D eigenvalue weighted by Crippen LogP contribution is -2.47. The van der Waals surface area contributed by atoms with Gasteiger partial charge in [-0.1, -0.05) is 11.6 Å². The molecule has 1 aromatic carbocycles. The number of halogens is 3. The summed E-state index contributed by atoms with van der Waals surface area (Å²) in [5, 5.41) is 3.12. The van der Waals surface area contributed by atoms with E-state index in [-0.39, 0.29) is 12.1 Å². The number of fused-ring (bicyclic) bond motifs is 1. The van der Waals surface area contributed by atoms with Crippen LogP contribution in [0.2, 0.25) is 5.02 Å². The van der Waals surface area contributed by atoms with E-state index in [0.29, 0.717) is 10.7 Å². The molecular weight excluding hydrogens is 210 g/mol. The van der Waals surface area contributed by atoms with Crippen LogP contribution in [0.15, 0.2) is 18.2 Å². The molecule has 0 fully saturated rings. The number of rotatable bonds is 0. The number of nitrogens with one attached hydrogen (secondary N) is 1. The number of hydrogen-bond donors (Lipinski definition) is 2. The summed E-state index contributed by atoms with van der Waals surface area (Å²) in [6.45, 7) is 0.0711. The number of nitrogens with two attached hydrogens (primary N) is 1. The first-order valence-electron chi connectivity index (χ1n) is 4.19. The molecule has 0 radical (unpaired) electrons. The first-order chi connectivity index (χ1) is 6.51. The van der Waals surface area contributed by atoms with E-state index < -0.39 is 12.0 Å². The van der Waals surface area contributed by atoms with Crippen LogP contribution in [0.5, 0.6) is 0 Å². The summed E-state index contributed by atoms with van der Waals surface area (Å²) in [4.78, 5) is 0. The van der Waals surface area contributed by atoms with Crippen LogP contribution < -0.4 is 11.1 Å². The molecule has 1 heterocycles. The lowest BCUT2D eigenvalue weighted by molar-refractivity contribution is -0.0299. The van der Waals surface area contributed by atoms with Crippen LogP contribution in [0, 0.1) is 0 Å². The quantitative estimate of drug-likeness (QED) is 0.701. The van der Waals surface area contributed by atoms with Crippen LogP contribution >= 0.6 is 11.6 Å². The van der Waals surface area contributed by atoms with Gasteiger partial charge in [-0.3, -0.25) is 0 Å². The van der Waals surface area contributed by atoms with Gasteiger partial charge >= 0.3 is 0 Å². The molecule has 0 bridgehead atoms. The highest BCUT2D eigenvalue weighted by molar-refractivity contribution is 6.30. The van der Waals surface area contributed by atoms with Gasteiger partial charge in [0.2, 0.25) is 0 Å². The number of benzene rings is 1. The molecule has 0 saturated carbocycles. The van der Waals surface area contributed by atoms with E-state index in [2.05, 4.69) is 5.32 Å². The van der Waals surface area contributed by atoms with E-state index >= 15 is 0 Å². The molecule has 0 spiro atoms. The normalized spacial score (nSPS) is 23.9. The first kappa shape index (κ1) is 9.68. The summed E-state index contributed by atoms with van der Waals surface area (Å²) < 4.78 is 27.1. The third kappa shape index (κ3) is 1.35. The van der Waals surface area contributed by atoms with Gasteiger partial charge in [0.25, 0.3) is 5.92 Å². The van der Waals surface area contributed by atoms with Crippen molar-refractivity contribution in [3.05, 3.63) is 28.8 Å². The summed E-state index contributed by atoms with van der Waals surface area (Å²) in [7, 11) is 0. The minimum absolute atomic E-state index is 0.0711. The minimum Gasteiger partial charge on any atom is -0.383 e. The molecule has 1 aliphatic rings. The summed E-state index contributed by atoms with van der Waals surface area (Å²) in [6, 6.07) is 3.16. The van der Waals surface area contributed by atoms with Crippen LogP contribution in [0.1, 0.15) is 5.56 Å². The molecule has 2 rings (SSSR count). The monoisotopic (exact) mass is 218 g/mol. The zero-order valence-electron chi connectivity index (χ0n) is 7.23. The topological polar surface area (TPSA) is 38.0 Å². The Balaban J connectivity index is 2.55. The van der Waals surface area contributed by atoms with Crippen molar-refractivity contribution in [2.24, 2.45) is 5.73 Å². The summed E-state index contributed by atoms with van der Waals surface area (Å²) >= 11 is 5.65. The van der Waals surface area contributed by atoms with Crippen molar-refractivity contribution in [1.29, 1.82) is 0 Å². The van der Waals surface area contributed by atoms with Gasteiger partial charge in [0.1, 0.15) is 0 Å². The van der Waals surface area contributed by atoms with Gasteiger partial charge in [0.15, 0.2) is 0 Å². The third-order valence-electron chi connectivity index (χ3n) is 2.32. The highest BCUT2D eigenvalue weighted by Gasteiger charge is 2.43. The summed E-state index contributed by atoms with van der Waals surface area (Å²) in [5.41, 5.74) is 5.60.